The molecule has 0 aliphatic carbocycles. The number of carbonyl (C=O) groups is 2. The van der Waals surface area contributed by atoms with Crippen molar-refractivity contribution in [3.8, 4) is 0 Å². The molecule has 3 unspecified atom stereocenters. The van der Waals surface area contributed by atoms with Gasteiger partial charge in [-0.3, -0.25) is 9.59 Å². The third-order valence-corrected chi connectivity index (χ3v) is 13.7. The molecule has 0 spiro atoms. The van der Waals surface area contributed by atoms with E-state index in [9.17, 15) is 19.8 Å². The number of rotatable bonds is 54. The summed E-state index contributed by atoms with van der Waals surface area (Å²) >= 11 is 0. The van der Waals surface area contributed by atoms with Crippen LogP contribution < -0.4 is 5.32 Å². The van der Waals surface area contributed by atoms with Crippen LogP contribution in [0.5, 0.6) is 0 Å². The van der Waals surface area contributed by atoms with Crippen molar-refractivity contribution in [2.24, 2.45) is 0 Å². The lowest BCUT2D eigenvalue weighted by molar-refractivity contribution is -0.151. The maximum atomic E-state index is 13.3. The van der Waals surface area contributed by atoms with Gasteiger partial charge in [-0.2, -0.15) is 0 Å². The molecule has 0 aromatic heterocycles. The van der Waals surface area contributed by atoms with Crippen LogP contribution in [0.2, 0.25) is 0 Å². The van der Waals surface area contributed by atoms with Gasteiger partial charge in [0.25, 0.3) is 0 Å². The first-order chi connectivity index (χ1) is 33.0. The van der Waals surface area contributed by atoms with Gasteiger partial charge in [-0.1, -0.05) is 276 Å². The van der Waals surface area contributed by atoms with Gasteiger partial charge in [0.15, 0.2) is 0 Å². The second-order valence-corrected chi connectivity index (χ2v) is 20.4. The third-order valence-electron chi connectivity index (χ3n) is 13.7. The van der Waals surface area contributed by atoms with Crippen molar-refractivity contribution in [3.05, 3.63) is 36.5 Å². The number of nitrogens with one attached hydrogen (secondary N) is 1. The maximum absolute atomic E-state index is 13.3. The summed E-state index contributed by atoms with van der Waals surface area (Å²) in [6.45, 7) is 6.49. The van der Waals surface area contributed by atoms with E-state index in [2.05, 4.69) is 62.5 Å². The van der Waals surface area contributed by atoms with Crippen LogP contribution in [0.15, 0.2) is 36.5 Å². The normalized spacial score (nSPS) is 13.3. The fourth-order valence-electron chi connectivity index (χ4n) is 9.20. The third kappa shape index (κ3) is 50.3. The molecule has 0 aliphatic heterocycles. The lowest BCUT2D eigenvalue weighted by atomic mass is 10.0. The summed E-state index contributed by atoms with van der Waals surface area (Å²) in [5.41, 5.74) is 0. The van der Waals surface area contributed by atoms with Gasteiger partial charge in [0.2, 0.25) is 5.91 Å². The van der Waals surface area contributed by atoms with Crippen LogP contribution in [0.1, 0.15) is 316 Å². The molecule has 0 bridgehead atoms. The van der Waals surface area contributed by atoms with Gasteiger partial charge >= 0.3 is 5.97 Å². The van der Waals surface area contributed by atoms with E-state index in [0.717, 1.165) is 64.2 Å². The minimum Gasteiger partial charge on any atom is -0.462 e. The highest BCUT2D eigenvalue weighted by molar-refractivity contribution is 5.77. The first-order valence-electron chi connectivity index (χ1n) is 29.7. The minimum absolute atomic E-state index is 0.0771. The van der Waals surface area contributed by atoms with Crippen LogP contribution in [0.3, 0.4) is 0 Å². The molecule has 0 aliphatic rings. The molecular formula is C61H115NO5. The van der Waals surface area contributed by atoms with Crippen molar-refractivity contribution in [2.45, 2.75) is 334 Å². The highest BCUT2D eigenvalue weighted by Crippen LogP contribution is 2.19. The molecule has 0 heterocycles. The fourth-order valence-corrected chi connectivity index (χ4v) is 9.20. The Labute approximate surface area is 417 Å². The number of hydrogen-bond donors (Lipinski definition) is 3. The number of ether oxygens (including phenoxy) is 1. The van der Waals surface area contributed by atoms with E-state index in [1.807, 2.05) is 0 Å². The SMILES string of the molecule is CCCCC/C=C\C/C=C\C/C=C\CCCCCCCCC(=O)OC(CCCCCCCCCCCCCCCCC)CC(=O)NC(CO)C(O)CCCCCCCCCCCCCCCC. The van der Waals surface area contributed by atoms with Gasteiger partial charge in [0.05, 0.1) is 25.2 Å². The monoisotopic (exact) mass is 942 g/mol. The minimum atomic E-state index is -0.788. The van der Waals surface area contributed by atoms with Crippen LogP contribution in [-0.4, -0.2) is 46.9 Å². The van der Waals surface area contributed by atoms with Crippen LogP contribution in [0.25, 0.3) is 0 Å². The molecule has 0 saturated carbocycles. The summed E-state index contributed by atoms with van der Waals surface area (Å²) in [5.74, 6) is -0.470. The summed E-state index contributed by atoms with van der Waals surface area (Å²) in [5, 5.41) is 23.9. The number of carbonyl (C=O) groups excluding carboxylic acids is 2. The molecular weight excluding hydrogens is 827 g/mol. The second kappa shape index (κ2) is 55.0. The fraction of sp³-hybridized carbons (Fsp3) is 0.869. The average Bonchev–Trinajstić information content (AvgIpc) is 3.32. The van der Waals surface area contributed by atoms with Gasteiger partial charge in [0.1, 0.15) is 6.10 Å². The summed E-state index contributed by atoms with van der Waals surface area (Å²) in [6.07, 6.45) is 66.3. The Balaban J connectivity index is 4.54. The van der Waals surface area contributed by atoms with E-state index in [4.69, 9.17) is 4.74 Å². The van der Waals surface area contributed by atoms with Crippen molar-refractivity contribution in [3.63, 3.8) is 0 Å². The quantitative estimate of drug-likeness (QED) is 0.0321. The van der Waals surface area contributed by atoms with Gasteiger partial charge < -0.3 is 20.3 Å². The average molecular weight is 943 g/mol. The maximum Gasteiger partial charge on any atom is 0.306 e. The van der Waals surface area contributed by atoms with Gasteiger partial charge in [-0.15, -0.1) is 0 Å². The lowest BCUT2D eigenvalue weighted by Gasteiger charge is -2.24. The molecule has 1 amide bonds. The number of esters is 1. The van der Waals surface area contributed by atoms with Crippen LogP contribution >= 0.6 is 0 Å². The van der Waals surface area contributed by atoms with Crippen molar-refractivity contribution in [1.82, 2.24) is 5.32 Å². The Morgan fingerprint density at radius 2 is 0.761 bits per heavy atom. The van der Waals surface area contributed by atoms with Crippen molar-refractivity contribution in [1.29, 1.82) is 0 Å². The number of aliphatic hydroxyl groups excluding tert-OH is 2. The summed E-state index contributed by atoms with van der Waals surface area (Å²) in [7, 11) is 0. The first kappa shape index (κ1) is 65.1. The van der Waals surface area contributed by atoms with Crippen LogP contribution in [0, 0.1) is 0 Å². The van der Waals surface area contributed by atoms with Crippen molar-refractivity contribution < 1.29 is 24.5 Å². The molecule has 0 aromatic carbocycles. The van der Waals surface area contributed by atoms with Gasteiger partial charge in [-0.05, 0) is 64.2 Å². The molecule has 0 aromatic rings. The Hall–Kier alpha value is -1.92. The highest BCUT2D eigenvalue weighted by atomic mass is 16.5. The molecule has 6 heteroatoms. The van der Waals surface area contributed by atoms with Crippen LogP contribution in [0.4, 0.5) is 0 Å². The van der Waals surface area contributed by atoms with E-state index < -0.39 is 18.2 Å². The first-order valence-corrected chi connectivity index (χ1v) is 29.7. The topological polar surface area (TPSA) is 95.9 Å². The zero-order valence-electron chi connectivity index (χ0n) is 45.0. The molecule has 0 rings (SSSR count). The Kier molecular flexibility index (Phi) is 53.4. The molecule has 3 atom stereocenters. The van der Waals surface area contributed by atoms with E-state index in [1.165, 1.54) is 205 Å². The predicted molar refractivity (Wildman–Crippen MR) is 292 cm³/mol. The molecule has 3 N–H and O–H groups in total. The van der Waals surface area contributed by atoms with Crippen molar-refractivity contribution >= 4 is 11.9 Å². The van der Waals surface area contributed by atoms with E-state index in [1.54, 1.807) is 0 Å². The zero-order chi connectivity index (χ0) is 48.8. The Morgan fingerprint density at radius 1 is 0.433 bits per heavy atom. The number of hydrogen-bond acceptors (Lipinski definition) is 5. The summed E-state index contributed by atoms with van der Waals surface area (Å²) < 4.78 is 5.97. The zero-order valence-corrected chi connectivity index (χ0v) is 45.0. The number of unbranched alkanes of at least 4 members (excludes halogenated alkanes) is 36. The van der Waals surface area contributed by atoms with Crippen molar-refractivity contribution in [2.75, 3.05) is 6.61 Å². The highest BCUT2D eigenvalue weighted by Gasteiger charge is 2.24. The van der Waals surface area contributed by atoms with E-state index >= 15 is 0 Å². The smallest absolute Gasteiger partial charge is 0.306 e. The number of aliphatic hydroxyl groups is 2. The standard InChI is InChI=1S/C61H115NO5/c1-4-7-10-13-16-19-22-25-28-29-30-31-33-36-39-42-45-48-51-54-61(66)67-57(52-49-46-43-40-37-34-32-26-23-20-17-14-11-8-5-2)55-60(65)62-58(56-63)59(64)53-50-47-44-41-38-35-27-24-21-18-15-12-9-6-3/h16,19,25,28,30-31,57-59,63-64H,4-15,17-18,20-24,26-27,29,32-56H2,1-3H3,(H,62,65)/b19-16-,28-25-,31-30-. The van der Waals surface area contributed by atoms with Crippen LogP contribution in [-0.2, 0) is 14.3 Å². The molecule has 67 heavy (non-hydrogen) atoms. The lowest BCUT2D eigenvalue weighted by Crippen LogP contribution is -2.46. The summed E-state index contributed by atoms with van der Waals surface area (Å²) in [4.78, 5) is 26.3. The predicted octanol–water partition coefficient (Wildman–Crippen LogP) is 18.4. The van der Waals surface area contributed by atoms with E-state index in [0.29, 0.717) is 19.3 Å². The summed E-state index contributed by atoms with van der Waals surface area (Å²) in [6, 6.07) is -0.702. The molecule has 6 nitrogen and oxygen atoms in total. The Bertz CT molecular complexity index is 1100. The largest absolute Gasteiger partial charge is 0.462 e. The number of allylic oxidation sites excluding steroid dienone is 6. The molecule has 394 valence electrons. The number of amides is 1. The Morgan fingerprint density at radius 3 is 1.18 bits per heavy atom. The molecule has 0 fully saturated rings. The van der Waals surface area contributed by atoms with Gasteiger partial charge in [0, 0.05) is 6.42 Å². The molecule has 0 saturated heterocycles. The molecule has 0 radical (unpaired) electrons. The van der Waals surface area contributed by atoms with E-state index in [-0.39, 0.29) is 24.9 Å². The van der Waals surface area contributed by atoms with Gasteiger partial charge in [-0.25, -0.2) is 0 Å². The second-order valence-electron chi connectivity index (χ2n) is 20.4.